The van der Waals surface area contributed by atoms with Gasteiger partial charge in [-0.1, -0.05) is 34.1 Å². The van der Waals surface area contributed by atoms with Crippen molar-refractivity contribution in [3.8, 4) is 0 Å². The van der Waals surface area contributed by atoms with Gasteiger partial charge in [0, 0.05) is 28.7 Å². The molecule has 22 heavy (non-hydrogen) atoms. The van der Waals surface area contributed by atoms with Gasteiger partial charge in [0.05, 0.1) is 6.04 Å². The van der Waals surface area contributed by atoms with E-state index in [0.29, 0.717) is 18.5 Å². The Balaban J connectivity index is 1.66. The van der Waals surface area contributed by atoms with Gasteiger partial charge in [-0.15, -0.1) is 0 Å². The molecule has 0 radical (unpaired) electrons. The van der Waals surface area contributed by atoms with E-state index in [1.165, 1.54) is 0 Å². The molecule has 112 valence electrons. The van der Waals surface area contributed by atoms with Gasteiger partial charge in [-0.25, -0.2) is 0 Å². The first-order valence-corrected chi connectivity index (χ1v) is 7.84. The zero-order valence-corrected chi connectivity index (χ0v) is 13.4. The Morgan fingerprint density at radius 2 is 1.77 bits per heavy atom. The Labute approximate surface area is 137 Å². The van der Waals surface area contributed by atoms with Crippen molar-refractivity contribution in [2.75, 3.05) is 11.4 Å². The molecule has 0 aliphatic carbocycles. The highest BCUT2D eigenvalue weighted by molar-refractivity contribution is 9.10. The summed E-state index contributed by atoms with van der Waals surface area (Å²) < 4.78 is 0.926. The minimum atomic E-state index is -0.163. The summed E-state index contributed by atoms with van der Waals surface area (Å²) in [5.41, 5.74) is 1.46. The molecule has 2 aromatic rings. The highest BCUT2D eigenvalue weighted by atomic mass is 79.9. The summed E-state index contributed by atoms with van der Waals surface area (Å²) in [5.74, 6) is -0.118. The van der Waals surface area contributed by atoms with E-state index in [0.717, 1.165) is 10.2 Å². The third-order valence-corrected chi connectivity index (χ3v) is 4.16. The van der Waals surface area contributed by atoms with Crippen LogP contribution in [0.5, 0.6) is 0 Å². The molecule has 1 aliphatic rings. The van der Waals surface area contributed by atoms with Crippen LogP contribution in [0.2, 0.25) is 0 Å². The van der Waals surface area contributed by atoms with Crippen LogP contribution in [0.1, 0.15) is 16.8 Å². The zero-order valence-electron chi connectivity index (χ0n) is 11.8. The molecule has 0 aromatic heterocycles. The summed E-state index contributed by atoms with van der Waals surface area (Å²) in [6, 6.07) is 16.5. The van der Waals surface area contributed by atoms with Gasteiger partial charge in [-0.2, -0.15) is 0 Å². The number of carbonyl (C=O) groups excluding carboxylic acids is 2. The number of anilines is 1. The molecule has 0 bridgehead atoms. The number of nitrogens with zero attached hydrogens (tertiary/aromatic N) is 1. The Morgan fingerprint density at radius 3 is 2.45 bits per heavy atom. The molecule has 3 rings (SSSR count). The van der Waals surface area contributed by atoms with E-state index in [2.05, 4.69) is 21.2 Å². The number of rotatable bonds is 3. The van der Waals surface area contributed by atoms with Gasteiger partial charge in [-0.3, -0.25) is 9.59 Å². The van der Waals surface area contributed by atoms with E-state index >= 15 is 0 Å². The molecule has 1 saturated heterocycles. The van der Waals surface area contributed by atoms with E-state index in [1.54, 1.807) is 17.0 Å². The summed E-state index contributed by atoms with van der Waals surface area (Å²) in [6.07, 6.45) is 0.331. The maximum Gasteiger partial charge on any atom is 0.251 e. The summed E-state index contributed by atoms with van der Waals surface area (Å²) >= 11 is 3.34. The van der Waals surface area contributed by atoms with Crippen molar-refractivity contribution < 1.29 is 9.59 Å². The number of amides is 2. The second kappa shape index (κ2) is 6.32. The molecule has 2 aromatic carbocycles. The Kier molecular flexibility index (Phi) is 4.24. The lowest BCUT2D eigenvalue weighted by Gasteiger charge is -2.17. The van der Waals surface area contributed by atoms with Gasteiger partial charge in [0.2, 0.25) is 5.91 Å². The molecule has 2 amide bonds. The van der Waals surface area contributed by atoms with E-state index in [9.17, 15) is 9.59 Å². The van der Waals surface area contributed by atoms with Crippen LogP contribution in [0.25, 0.3) is 0 Å². The van der Waals surface area contributed by atoms with Gasteiger partial charge in [0.25, 0.3) is 5.91 Å². The molecule has 0 spiro atoms. The van der Waals surface area contributed by atoms with Crippen LogP contribution in [0.3, 0.4) is 0 Å². The third kappa shape index (κ3) is 3.20. The molecule has 1 fully saturated rings. The molecule has 1 N–H and O–H groups in total. The van der Waals surface area contributed by atoms with Crippen molar-refractivity contribution in [2.45, 2.75) is 12.5 Å². The molecule has 1 atom stereocenters. The minimum Gasteiger partial charge on any atom is -0.347 e. The van der Waals surface area contributed by atoms with Crippen LogP contribution >= 0.6 is 15.9 Å². The standard InChI is InChI=1S/C17H15BrN2O2/c18-13-8-6-12(7-9-13)17(22)19-14-10-16(21)20(11-14)15-4-2-1-3-5-15/h1-9,14H,10-11H2,(H,19,22)/t14-/m0/s1. The SMILES string of the molecule is O=C(N[C@H]1CC(=O)N(c2ccccc2)C1)c1ccc(Br)cc1. The highest BCUT2D eigenvalue weighted by Crippen LogP contribution is 2.21. The second-order valence-corrected chi connectivity index (χ2v) is 6.14. The fourth-order valence-electron chi connectivity index (χ4n) is 2.53. The number of para-hydroxylation sites is 1. The van der Waals surface area contributed by atoms with Gasteiger partial charge < -0.3 is 10.2 Å². The number of hydrogen-bond donors (Lipinski definition) is 1. The fraction of sp³-hybridized carbons (Fsp3) is 0.176. The maximum absolute atomic E-state index is 12.2. The minimum absolute atomic E-state index is 0.0345. The molecule has 0 unspecified atom stereocenters. The summed E-state index contributed by atoms with van der Waals surface area (Å²) in [7, 11) is 0. The maximum atomic E-state index is 12.2. The normalized spacial score (nSPS) is 17.6. The van der Waals surface area contributed by atoms with Crippen LogP contribution in [0.4, 0.5) is 5.69 Å². The van der Waals surface area contributed by atoms with Gasteiger partial charge in [0.15, 0.2) is 0 Å². The molecule has 0 saturated carbocycles. The van der Waals surface area contributed by atoms with E-state index in [4.69, 9.17) is 0 Å². The van der Waals surface area contributed by atoms with Gasteiger partial charge >= 0.3 is 0 Å². The van der Waals surface area contributed by atoms with Crippen molar-refractivity contribution >= 4 is 33.4 Å². The van der Waals surface area contributed by atoms with Crippen molar-refractivity contribution in [2.24, 2.45) is 0 Å². The summed E-state index contributed by atoms with van der Waals surface area (Å²) in [6.45, 7) is 0.505. The summed E-state index contributed by atoms with van der Waals surface area (Å²) in [5, 5.41) is 2.93. The lowest BCUT2D eigenvalue weighted by molar-refractivity contribution is -0.117. The predicted octanol–water partition coefficient (Wildman–Crippen LogP) is 2.98. The third-order valence-electron chi connectivity index (χ3n) is 3.63. The Morgan fingerprint density at radius 1 is 1.09 bits per heavy atom. The number of nitrogens with one attached hydrogen (secondary N) is 1. The van der Waals surface area contributed by atoms with Crippen LogP contribution in [0, 0.1) is 0 Å². The van der Waals surface area contributed by atoms with E-state index in [-0.39, 0.29) is 17.9 Å². The second-order valence-electron chi connectivity index (χ2n) is 5.22. The predicted molar refractivity (Wildman–Crippen MR) is 88.8 cm³/mol. The number of hydrogen-bond acceptors (Lipinski definition) is 2. The summed E-state index contributed by atoms with van der Waals surface area (Å²) in [4.78, 5) is 26.0. The van der Waals surface area contributed by atoms with Crippen molar-refractivity contribution in [1.29, 1.82) is 0 Å². The first-order valence-electron chi connectivity index (χ1n) is 7.05. The van der Waals surface area contributed by atoms with Crippen LogP contribution in [-0.4, -0.2) is 24.4 Å². The van der Waals surface area contributed by atoms with Crippen LogP contribution in [-0.2, 0) is 4.79 Å². The van der Waals surface area contributed by atoms with Crippen molar-refractivity contribution in [1.82, 2.24) is 5.32 Å². The monoisotopic (exact) mass is 358 g/mol. The topological polar surface area (TPSA) is 49.4 Å². The largest absolute Gasteiger partial charge is 0.347 e. The molecule has 5 heteroatoms. The molecule has 4 nitrogen and oxygen atoms in total. The Hall–Kier alpha value is -2.14. The number of benzene rings is 2. The highest BCUT2D eigenvalue weighted by Gasteiger charge is 2.31. The quantitative estimate of drug-likeness (QED) is 0.916. The molecular formula is C17H15BrN2O2. The van der Waals surface area contributed by atoms with Crippen LogP contribution in [0.15, 0.2) is 59.1 Å². The van der Waals surface area contributed by atoms with Crippen LogP contribution < -0.4 is 10.2 Å². The average Bonchev–Trinajstić information content (AvgIpc) is 2.89. The smallest absolute Gasteiger partial charge is 0.251 e. The first kappa shape index (κ1) is 14.8. The zero-order chi connectivity index (χ0) is 15.5. The van der Waals surface area contributed by atoms with E-state index in [1.807, 2.05) is 42.5 Å². The molecule has 1 aliphatic heterocycles. The Bertz CT molecular complexity index is 686. The fourth-order valence-corrected chi connectivity index (χ4v) is 2.80. The van der Waals surface area contributed by atoms with Gasteiger partial charge in [0.1, 0.15) is 0 Å². The lowest BCUT2D eigenvalue weighted by atomic mass is 10.2. The van der Waals surface area contributed by atoms with Crippen molar-refractivity contribution in [3.05, 3.63) is 64.6 Å². The van der Waals surface area contributed by atoms with Crippen molar-refractivity contribution in [3.63, 3.8) is 0 Å². The number of carbonyl (C=O) groups is 2. The number of halogens is 1. The van der Waals surface area contributed by atoms with E-state index < -0.39 is 0 Å². The van der Waals surface area contributed by atoms with Gasteiger partial charge in [-0.05, 0) is 36.4 Å². The first-order chi connectivity index (χ1) is 10.6. The lowest BCUT2D eigenvalue weighted by Crippen LogP contribution is -2.37. The molecule has 1 heterocycles. The molecular weight excluding hydrogens is 344 g/mol. The average molecular weight is 359 g/mol.